The molecule has 0 heterocycles. The Morgan fingerprint density at radius 2 is 1.86 bits per heavy atom. The molecule has 1 aliphatic rings. The van der Waals surface area contributed by atoms with Crippen molar-refractivity contribution in [1.82, 2.24) is 0 Å². The van der Waals surface area contributed by atoms with E-state index in [0.717, 1.165) is 24.0 Å². The van der Waals surface area contributed by atoms with Gasteiger partial charge in [0.15, 0.2) is 0 Å². The Hall–Kier alpha value is -0.860. The molecule has 0 spiro atoms. The molecule has 2 rings (SSSR count). The Bertz CT molecular complexity index is 323. The van der Waals surface area contributed by atoms with Crippen LogP contribution < -0.4 is 5.73 Å². The standard InChI is InChI=1S/C12H17NO/c1-11(2,14)9-5-3-4-6-10(9)12(13)7-8-12/h3-6,14H,7-8,13H2,1-2H3. The average Bonchev–Trinajstić information content (AvgIpc) is 2.84. The van der Waals surface area contributed by atoms with Crippen molar-refractivity contribution in [2.75, 3.05) is 0 Å². The highest BCUT2D eigenvalue weighted by Gasteiger charge is 2.42. The van der Waals surface area contributed by atoms with Crippen molar-refractivity contribution in [3.05, 3.63) is 35.4 Å². The molecule has 1 aromatic carbocycles. The maximum absolute atomic E-state index is 10.0. The Morgan fingerprint density at radius 1 is 1.29 bits per heavy atom. The molecule has 0 atom stereocenters. The van der Waals surface area contributed by atoms with E-state index in [1.807, 2.05) is 24.3 Å². The van der Waals surface area contributed by atoms with Gasteiger partial charge in [-0.25, -0.2) is 0 Å². The third-order valence-electron chi connectivity index (χ3n) is 2.91. The fourth-order valence-electron chi connectivity index (χ4n) is 1.85. The minimum atomic E-state index is -0.800. The summed E-state index contributed by atoms with van der Waals surface area (Å²) < 4.78 is 0. The highest BCUT2D eigenvalue weighted by molar-refractivity contribution is 5.40. The second-order valence-corrected chi connectivity index (χ2v) is 4.76. The molecule has 0 saturated heterocycles. The van der Waals surface area contributed by atoms with Crippen molar-refractivity contribution >= 4 is 0 Å². The van der Waals surface area contributed by atoms with Crippen molar-refractivity contribution < 1.29 is 5.11 Å². The summed E-state index contributed by atoms with van der Waals surface area (Å²) in [6, 6.07) is 7.92. The quantitative estimate of drug-likeness (QED) is 0.749. The van der Waals surface area contributed by atoms with Crippen LogP contribution in [0.1, 0.15) is 37.8 Å². The first-order valence-electron chi connectivity index (χ1n) is 5.05. The number of hydrogen-bond acceptors (Lipinski definition) is 2. The summed E-state index contributed by atoms with van der Waals surface area (Å²) in [5.74, 6) is 0. The molecular weight excluding hydrogens is 174 g/mol. The zero-order valence-corrected chi connectivity index (χ0v) is 8.75. The molecule has 0 radical (unpaired) electrons. The molecule has 0 aliphatic heterocycles. The van der Waals surface area contributed by atoms with Gasteiger partial charge in [-0.2, -0.15) is 0 Å². The predicted molar refractivity (Wildman–Crippen MR) is 56.8 cm³/mol. The fourth-order valence-corrected chi connectivity index (χ4v) is 1.85. The van der Waals surface area contributed by atoms with Crippen LogP contribution in [-0.4, -0.2) is 5.11 Å². The van der Waals surface area contributed by atoms with Gasteiger partial charge in [-0.15, -0.1) is 0 Å². The van der Waals surface area contributed by atoms with E-state index >= 15 is 0 Å². The molecule has 0 amide bonds. The van der Waals surface area contributed by atoms with Gasteiger partial charge in [-0.1, -0.05) is 24.3 Å². The highest BCUT2D eigenvalue weighted by Crippen LogP contribution is 2.45. The van der Waals surface area contributed by atoms with E-state index in [4.69, 9.17) is 5.73 Å². The van der Waals surface area contributed by atoms with Crippen LogP contribution in [0, 0.1) is 0 Å². The summed E-state index contributed by atoms with van der Waals surface area (Å²) in [7, 11) is 0. The van der Waals surface area contributed by atoms with Crippen molar-refractivity contribution in [3.63, 3.8) is 0 Å². The minimum absolute atomic E-state index is 0.170. The Kier molecular flexibility index (Phi) is 1.95. The third kappa shape index (κ3) is 1.56. The second-order valence-electron chi connectivity index (χ2n) is 4.76. The SMILES string of the molecule is CC(C)(O)c1ccccc1C1(N)CC1. The van der Waals surface area contributed by atoms with Gasteiger partial charge in [0.2, 0.25) is 0 Å². The monoisotopic (exact) mass is 191 g/mol. The molecule has 1 saturated carbocycles. The van der Waals surface area contributed by atoms with E-state index in [0.29, 0.717) is 0 Å². The molecule has 14 heavy (non-hydrogen) atoms. The molecule has 2 heteroatoms. The van der Waals surface area contributed by atoms with Crippen LogP contribution in [0.2, 0.25) is 0 Å². The highest BCUT2D eigenvalue weighted by atomic mass is 16.3. The van der Waals surface area contributed by atoms with Gasteiger partial charge in [0.05, 0.1) is 5.60 Å². The van der Waals surface area contributed by atoms with Crippen LogP contribution >= 0.6 is 0 Å². The van der Waals surface area contributed by atoms with Crippen molar-refractivity contribution in [2.45, 2.75) is 37.8 Å². The first-order chi connectivity index (χ1) is 6.43. The number of nitrogens with two attached hydrogens (primary N) is 1. The van der Waals surface area contributed by atoms with Gasteiger partial charge in [0.1, 0.15) is 0 Å². The van der Waals surface area contributed by atoms with Crippen molar-refractivity contribution in [3.8, 4) is 0 Å². The molecular formula is C12H17NO. The third-order valence-corrected chi connectivity index (χ3v) is 2.91. The number of rotatable bonds is 2. The molecule has 0 bridgehead atoms. The summed E-state index contributed by atoms with van der Waals surface area (Å²) in [6.07, 6.45) is 2.06. The number of benzene rings is 1. The van der Waals surface area contributed by atoms with Crippen LogP contribution in [0.25, 0.3) is 0 Å². The van der Waals surface area contributed by atoms with Gasteiger partial charge in [0.25, 0.3) is 0 Å². The van der Waals surface area contributed by atoms with Crippen molar-refractivity contribution in [2.24, 2.45) is 5.73 Å². The summed E-state index contributed by atoms with van der Waals surface area (Å²) >= 11 is 0. The lowest BCUT2D eigenvalue weighted by Gasteiger charge is -2.24. The lowest BCUT2D eigenvalue weighted by molar-refractivity contribution is 0.0770. The van der Waals surface area contributed by atoms with Crippen LogP contribution in [0.4, 0.5) is 0 Å². The van der Waals surface area contributed by atoms with E-state index in [2.05, 4.69) is 0 Å². The lowest BCUT2D eigenvalue weighted by Crippen LogP contribution is -2.26. The molecule has 0 aromatic heterocycles. The average molecular weight is 191 g/mol. The van der Waals surface area contributed by atoms with E-state index in [1.165, 1.54) is 0 Å². The van der Waals surface area contributed by atoms with Crippen LogP contribution in [0.15, 0.2) is 24.3 Å². The summed E-state index contributed by atoms with van der Waals surface area (Å²) in [5, 5.41) is 10.0. The van der Waals surface area contributed by atoms with Gasteiger partial charge in [0, 0.05) is 5.54 Å². The van der Waals surface area contributed by atoms with Gasteiger partial charge >= 0.3 is 0 Å². The largest absolute Gasteiger partial charge is 0.386 e. The summed E-state index contributed by atoms with van der Waals surface area (Å²) in [6.45, 7) is 3.61. The van der Waals surface area contributed by atoms with Gasteiger partial charge < -0.3 is 10.8 Å². The first-order valence-corrected chi connectivity index (χ1v) is 5.05. The molecule has 3 N–H and O–H groups in total. The molecule has 0 unspecified atom stereocenters. The second kappa shape index (κ2) is 2.81. The van der Waals surface area contributed by atoms with E-state index in [-0.39, 0.29) is 5.54 Å². The Morgan fingerprint density at radius 3 is 2.36 bits per heavy atom. The van der Waals surface area contributed by atoms with Gasteiger partial charge in [-0.3, -0.25) is 0 Å². The summed E-state index contributed by atoms with van der Waals surface area (Å²) in [5.41, 5.74) is 7.25. The smallest absolute Gasteiger partial charge is 0.0843 e. The van der Waals surface area contributed by atoms with Crippen LogP contribution in [-0.2, 0) is 11.1 Å². The normalized spacial score (nSPS) is 19.4. The molecule has 1 aliphatic carbocycles. The molecule has 2 nitrogen and oxygen atoms in total. The minimum Gasteiger partial charge on any atom is -0.386 e. The first kappa shape index (κ1) is 9.69. The summed E-state index contributed by atoms with van der Waals surface area (Å²) in [4.78, 5) is 0. The maximum atomic E-state index is 10.0. The fraction of sp³-hybridized carbons (Fsp3) is 0.500. The van der Waals surface area contributed by atoms with Crippen LogP contribution in [0.3, 0.4) is 0 Å². The molecule has 1 aromatic rings. The zero-order chi connectivity index (χ0) is 10.4. The van der Waals surface area contributed by atoms with E-state index in [1.54, 1.807) is 13.8 Å². The Balaban J connectivity index is 2.50. The van der Waals surface area contributed by atoms with Crippen LogP contribution in [0.5, 0.6) is 0 Å². The van der Waals surface area contributed by atoms with Crippen molar-refractivity contribution in [1.29, 1.82) is 0 Å². The Labute approximate surface area is 84.7 Å². The van der Waals surface area contributed by atoms with E-state index in [9.17, 15) is 5.11 Å². The predicted octanol–water partition coefficient (Wildman–Crippen LogP) is 1.86. The zero-order valence-electron chi connectivity index (χ0n) is 8.75. The molecule has 1 fully saturated rings. The number of aliphatic hydroxyl groups is 1. The maximum Gasteiger partial charge on any atom is 0.0843 e. The molecule has 76 valence electrons. The topological polar surface area (TPSA) is 46.2 Å². The lowest BCUT2D eigenvalue weighted by atomic mass is 9.89. The van der Waals surface area contributed by atoms with Gasteiger partial charge in [-0.05, 0) is 37.8 Å². The number of hydrogen-bond donors (Lipinski definition) is 2. The van der Waals surface area contributed by atoms with E-state index < -0.39 is 5.60 Å².